The van der Waals surface area contributed by atoms with Crippen molar-refractivity contribution < 1.29 is 14.3 Å². The number of carbonyl (C=O) groups excluding carboxylic acids is 2. The molecule has 0 spiro atoms. The zero-order chi connectivity index (χ0) is 13.8. The zero-order valence-corrected chi connectivity index (χ0v) is 10.7. The van der Waals surface area contributed by atoms with Crippen LogP contribution in [-0.2, 0) is 4.79 Å². The molecule has 6 nitrogen and oxygen atoms in total. The molecule has 0 saturated heterocycles. The molecule has 0 radical (unpaired) electrons. The summed E-state index contributed by atoms with van der Waals surface area (Å²) in [5.74, 6) is -0.160. The molecule has 1 atom stereocenters. The van der Waals surface area contributed by atoms with Gasteiger partial charge in [-0.25, -0.2) is 0 Å². The molecule has 102 valence electrons. The Kier molecular flexibility index (Phi) is 3.89. The highest BCUT2D eigenvalue weighted by atomic mass is 16.5. The van der Waals surface area contributed by atoms with E-state index in [9.17, 15) is 9.59 Å². The van der Waals surface area contributed by atoms with E-state index < -0.39 is 5.91 Å². The van der Waals surface area contributed by atoms with Crippen molar-refractivity contribution in [2.45, 2.75) is 19.4 Å². The second kappa shape index (κ2) is 5.60. The Hall–Kier alpha value is -2.24. The number of anilines is 1. The summed E-state index contributed by atoms with van der Waals surface area (Å²) in [6.45, 7) is 2.97. The van der Waals surface area contributed by atoms with Crippen molar-refractivity contribution in [1.29, 1.82) is 0 Å². The topological polar surface area (TPSA) is 93.5 Å². The summed E-state index contributed by atoms with van der Waals surface area (Å²) in [6.07, 6.45) is 0.111. The van der Waals surface area contributed by atoms with Gasteiger partial charge in [0, 0.05) is 19.0 Å². The van der Waals surface area contributed by atoms with Gasteiger partial charge in [0.25, 0.3) is 5.91 Å². The number of nitrogens with one attached hydrogen (secondary N) is 2. The van der Waals surface area contributed by atoms with Gasteiger partial charge in [-0.1, -0.05) is 6.07 Å². The molecule has 1 heterocycles. The Labute approximate surface area is 111 Å². The number of hydrogen-bond donors (Lipinski definition) is 3. The standard InChI is InChI=1S/C13H17N3O3/c1-8(7-11(14)17)16-13(18)9-3-2-4-10-12(9)19-6-5-15-10/h2-4,8,15H,5-7H2,1H3,(H2,14,17)(H,16,18). The highest BCUT2D eigenvalue weighted by Gasteiger charge is 2.20. The fraction of sp³-hybridized carbons (Fsp3) is 0.385. The van der Waals surface area contributed by atoms with Crippen molar-refractivity contribution in [2.75, 3.05) is 18.5 Å². The monoisotopic (exact) mass is 263 g/mol. The summed E-state index contributed by atoms with van der Waals surface area (Å²) < 4.78 is 5.52. The maximum Gasteiger partial charge on any atom is 0.255 e. The summed E-state index contributed by atoms with van der Waals surface area (Å²) >= 11 is 0. The minimum absolute atomic E-state index is 0.111. The van der Waals surface area contributed by atoms with E-state index in [4.69, 9.17) is 10.5 Å². The molecule has 1 aromatic carbocycles. The van der Waals surface area contributed by atoms with E-state index in [-0.39, 0.29) is 18.4 Å². The average Bonchev–Trinajstić information content (AvgIpc) is 2.36. The molecule has 2 amide bonds. The van der Waals surface area contributed by atoms with Crippen molar-refractivity contribution in [3.63, 3.8) is 0 Å². The molecule has 0 fully saturated rings. The molecule has 1 aliphatic rings. The second-order valence-corrected chi connectivity index (χ2v) is 4.50. The van der Waals surface area contributed by atoms with Gasteiger partial charge in [-0.15, -0.1) is 0 Å². The molecule has 6 heteroatoms. The normalized spacial score (nSPS) is 14.6. The summed E-state index contributed by atoms with van der Waals surface area (Å²) in [4.78, 5) is 22.9. The number of benzene rings is 1. The number of carbonyl (C=O) groups is 2. The predicted molar refractivity (Wildman–Crippen MR) is 71.2 cm³/mol. The summed E-state index contributed by atoms with van der Waals surface area (Å²) in [7, 11) is 0. The van der Waals surface area contributed by atoms with Crippen molar-refractivity contribution in [2.24, 2.45) is 5.73 Å². The Balaban J connectivity index is 2.13. The number of amides is 2. The number of fused-ring (bicyclic) bond motifs is 1. The van der Waals surface area contributed by atoms with Crippen LogP contribution in [-0.4, -0.2) is 31.0 Å². The Morgan fingerprint density at radius 2 is 2.32 bits per heavy atom. The van der Waals surface area contributed by atoms with Crippen LogP contribution in [0.15, 0.2) is 18.2 Å². The number of ether oxygens (including phenoxy) is 1. The summed E-state index contributed by atoms with van der Waals surface area (Å²) in [5.41, 5.74) is 6.36. The molecule has 1 unspecified atom stereocenters. The number of rotatable bonds is 4. The fourth-order valence-corrected chi connectivity index (χ4v) is 2.00. The summed E-state index contributed by atoms with van der Waals surface area (Å²) in [6, 6.07) is 5.03. The average molecular weight is 263 g/mol. The van der Waals surface area contributed by atoms with Gasteiger partial charge >= 0.3 is 0 Å². The molecule has 0 bridgehead atoms. The molecule has 1 aromatic rings. The van der Waals surface area contributed by atoms with Crippen LogP contribution in [0.1, 0.15) is 23.7 Å². The van der Waals surface area contributed by atoms with Crippen molar-refractivity contribution in [3.8, 4) is 5.75 Å². The third-order valence-corrected chi connectivity index (χ3v) is 2.81. The second-order valence-electron chi connectivity index (χ2n) is 4.50. The van der Waals surface area contributed by atoms with E-state index in [2.05, 4.69) is 10.6 Å². The van der Waals surface area contributed by atoms with Crippen LogP contribution in [0.4, 0.5) is 5.69 Å². The largest absolute Gasteiger partial charge is 0.489 e. The van der Waals surface area contributed by atoms with Gasteiger partial charge in [0.1, 0.15) is 6.61 Å². The molecule has 0 saturated carbocycles. The number of nitrogens with two attached hydrogens (primary N) is 1. The quantitative estimate of drug-likeness (QED) is 0.736. The van der Waals surface area contributed by atoms with E-state index in [1.54, 1.807) is 19.1 Å². The molecule has 0 aromatic heterocycles. The molecular weight excluding hydrogens is 246 g/mol. The van der Waals surface area contributed by atoms with Crippen molar-refractivity contribution in [3.05, 3.63) is 23.8 Å². The lowest BCUT2D eigenvalue weighted by Gasteiger charge is -2.22. The van der Waals surface area contributed by atoms with Crippen LogP contribution in [0.3, 0.4) is 0 Å². The maximum absolute atomic E-state index is 12.1. The van der Waals surface area contributed by atoms with Gasteiger partial charge in [0.05, 0.1) is 11.3 Å². The number of hydrogen-bond acceptors (Lipinski definition) is 4. The Morgan fingerprint density at radius 1 is 1.53 bits per heavy atom. The van der Waals surface area contributed by atoms with Crippen LogP contribution < -0.4 is 21.1 Å². The molecule has 2 rings (SSSR count). The van der Waals surface area contributed by atoms with Gasteiger partial charge in [0.15, 0.2) is 5.75 Å². The third-order valence-electron chi connectivity index (χ3n) is 2.81. The first-order valence-electron chi connectivity index (χ1n) is 6.17. The minimum Gasteiger partial charge on any atom is -0.489 e. The van der Waals surface area contributed by atoms with Crippen LogP contribution in [0.2, 0.25) is 0 Å². The SMILES string of the molecule is CC(CC(N)=O)NC(=O)c1cccc2c1OCCN2. The summed E-state index contributed by atoms with van der Waals surface area (Å²) in [5, 5.41) is 5.89. The van der Waals surface area contributed by atoms with Gasteiger partial charge in [-0.3, -0.25) is 9.59 Å². The lowest BCUT2D eigenvalue weighted by Crippen LogP contribution is -2.36. The van der Waals surface area contributed by atoms with E-state index in [0.29, 0.717) is 17.9 Å². The predicted octanol–water partition coefficient (Wildman–Crippen LogP) is 0.485. The maximum atomic E-state index is 12.1. The molecule has 4 N–H and O–H groups in total. The first kappa shape index (κ1) is 13.2. The van der Waals surface area contributed by atoms with Gasteiger partial charge in [-0.2, -0.15) is 0 Å². The third kappa shape index (κ3) is 3.15. The molecule has 0 aliphatic carbocycles. The van der Waals surface area contributed by atoms with Gasteiger partial charge < -0.3 is 21.1 Å². The lowest BCUT2D eigenvalue weighted by atomic mass is 10.1. The first-order valence-corrected chi connectivity index (χ1v) is 6.17. The number of primary amides is 1. The van der Waals surface area contributed by atoms with Crippen LogP contribution in [0, 0.1) is 0 Å². The highest BCUT2D eigenvalue weighted by molar-refractivity contribution is 5.99. The smallest absolute Gasteiger partial charge is 0.255 e. The van der Waals surface area contributed by atoms with Crippen molar-refractivity contribution in [1.82, 2.24) is 5.32 Å². The van der Waals surface area contributed by atoms with Gasteiger partial charge in [0.2, 0.25) is 5.91 Å². The van der Waals surface area contributed by atoms with Crippen LogP contribution >= 0.6 is 0 Å². The Morgan fingerprint density at radius 3 is 3.05 bits per heavy atom. The lowest BCUT2D eigenvalue weighted by molar-refractivity contribution is -0.118. The van der Waals surface area contributed by atoms with Crippen molar-refractivity contribution >= 4 is 17.5 Å². The number of para-hydroxylation sites is 1. The molecule has 1 aliphatic heterocycles. The molecular formula is C13H17N3O3. The fourth-order valence-electron chi connectivity index (χ4n) is 2.00. The highest BCUT2D eigenvalue weighted by Crippen LogP contribution is 2.31. The first-order chi connectivity index (χ1) is 9.08. The zero-order valence-electron chi connectivity index (χ0n) is 10.7. The minimum atomic E-state index is -0.444. The van der Waals surface area contributed by atoms with Crippen LogP contribution in [0.5, 0.6) is 5.75 Å². The van der Waals surface area contributed by atoms with E-state index in [1.165, 1.54) is 0 Å². The van der Waals surface area contributed by atoms with Gasteiger partial charge in [-0.05, 0) is 19.1 Å². The van der Waals surface area contributed by atoms with E-state index >= 15 is 0 Å². The van der Waals surface area contributed by atoms with E-state index in [1.807, 2.05) is 6.07 Å². The Bertz CT molecular complexity index is 502. The van der Waals surface area contributed by atoms with Crippen LogP contribution in [0.25, 0.3) is 0 Å². The van der Waals surface area contributed by atoms with E-state index in [0.717, 1.165) is 12.2 Å². The molecule has 19 heavy (non-hydrogen) atoms.